The van der Waals surface area contributed by atoms with E-state index in [0.29, 0.717) is 0 Å². The number of ether oxygens (including phenoxy) is 2. The molecule has 1 saturated heterocycles. The van der Waals surface area contributed by atoms with Crippen molar-refractivity contribution in [2.24, 2.45) is 16.5 Å². The number of aliphatic hydroxyl groups is 2. The molecule has 0 unspecified atom stereocenters. The molecule has 6 atom stereocenters. The van der Waals surface area contributed by atoms with Crippen molar-refractivity contribution in [2.45, 2.75) is 49.8 Å². The lowest BCUT2D eigenvalue weighted by Crippen LogP contribution is -2.62. The van der Waals surface area contributed by atoms with E-state index in [1.54, 1.807) is 0 Å². The van der Waals surface area contributed by atoms with Gasteiger partial charge in [0.05, 0.1) is 18.2 Å². The van der Waals surface area contributed by atoms with Crippen LogP contribution in [0.15, 0.2) is 16.8 Å². The Hall–Kier alpha value is -2.41. The third-order valence-electron chi connectivity index (χ3n) is 3.96. The van der Waals surface area contributed by atoms with E-state index in [4.69, 9.17) is 20.9 Å². The summed E-state index contributed by atoms with van der Waals surface area (Å²) < 4.78 is 10.9. The van der Waals surface area contributed by atoms with E-state index in [1.807, 2.05) is 0 Å². The molecule has 0 aliphatic carbocycles. The second-order valence-corrected chi connectivity index (χ2v) is 5.87. The standard InChI is InChI=1S/C14H22N4O7.H2O/c1-5(19)17-9-6(18-14(15)16)4-8(13(22)23)25-11(9)12-10(21)7(20)2-3-24-12;/h4,6-7,9-12,20-21H,2-3H2,1H3,(H,17,19)(H,22,23)(H4,15,16,18);1H2/t6-,7+,9+,10+,11+,12+;/m0./s1. The Kier molecular flexibility index (Phi) is 7.32. The molecule has 12 heteroatoms. The van der Waals surface area contributed by atoms with E-state index >= 15 is 0 Å². The molecule has 10 N–H and O–H groups in total. The molecule has 2 aliphatic rings. The number of carboxylic acids is 1. The molecule has 2 heterocycles. The molecule has 148 valence electrons. The number of nitrogens with zero attached hydrogens (tertiary/aromatic N) is 1. The first-order chi connectivity index (χ1) is 11.7. The number of carbonyl (C=O) groups is 2. The highest BCUT2D eigenvalue weighted by Gasteiger charge is 2.47. The first kappa shape index (κ1) is 21.6. The number of carboxylic acid groups (broad SMARTS) is 1. The summed E-state index contributed by atoms with van der Waals surface area (Å²) in [4.78, 5) is 26.8. The largest absolute Gasteiger partial charge is 0.478 e. The van der Waals surface area contributed by atoms with Gasteiger partial charge in [-0.3, -0.25) is 4.79 Å². The smallest absolute Gasteiger partial charge is 0.370 e. The van der Waals surface area contributed by atoms with Gasteiger partial charge < -0.3 is 47.1 Å². The molecule has 0 aromatic heterocycles. The zero-order valence-corrected chi connectivity index (χ0v) is 14.0. The molecule has 0 spiro atoms. The summed E-state index contributed by atoms with van der Waals surface area (Å²) >= 11 is 0. The molecule has 26 heavy (non-hydrogen) atoms. The summed E-state index contributed by atoms with van der Waals surface area (Å²) in [5.74, 6) is -2.56. The van der Waals surface area contributed by atoms with Crippen molar-refractivity contribution in [3.63, 3.8) is 0 Å². The van der Waals surface area contributed by atoms with E-state index in [-0.39, 0.29) is 24.5 Å². The summed E-state index contributed by atoms with van der Waals surface area (Å²) in [5, 5.41) is 31.9. The molecular formula is C14H24N4O8. The van der Waals surface area contributed by atoms with Crippen molar-refractivity contribution in [3.05, 3.63) is 11.8 Å². The van der Waals surface area contributed by atoms with Gasteiger partial charge in [-0.1, -0.05) is 0 Å². The van der Waals surface area contributed by atoms with Crippen molar-refractivity contribution in [3.8, 4) is 0 Å². The van der Waals surface area contributed by atoms with Crippen molar-refractivity contribution < 1.29 is 39.9 Å². The number of carbonyl (C=O) groups excluding carboxylic acids is 1. The Balaban J connectivity index is 0.00000338. The third-order valence-corrected chi connectivity index (χ3v) is 3.96. The van der Waals surface area contributed by atoms with Crippen LogP contribution in [0.25, 0.3) is 0 Å². The molecule has 0 aromatic rings. The summed E-state index contributed by atoms with van der Waals surface area (Å²) in [6.07, 6.45) is -3.23. The highest BCUT2D eigenvalue weighted by atomic mass is 16.6. The van der Waals surface area contributed by atoms with Crippen LogP contribution in [0.3, 0.4) is 0 Å². The summed E-state index contributed by atoms with van der Waals surface area (Å²) in [7, 11) is 0. The van der Waals surface area contributed by atoms with Gasteiger partial charge >= 0.3 is 5.97 Å². The fourth-order valence-electron chi connectivity index (χ4n) is 2.90. The van der Waals surface area contributed by atoms with Crippen LogP contribution in [0, 0.1) is 0 Å². The lowest BCUT2D eigenvalue weighted by Gasteiger charge is -2.43. The fourth-order valence-corrected chi connectivity index (χ4v) is 2.90. The van der Waals surface area contributed by atoms with Gasteiger partial charge in [0.15, 0.2) is 12.1 Å². The van der Waals surface area contributed by atoms with Crippen molar-refractivity contribution in [1.29, 1.82) is 0 Å². The minimum atomic E-state index is -1.37. The highest BCUT2D eigenvalue weighted by molar-refractivity contribution is 5.85. The lowest BCUT2D eigenvalue weighted by molar-refractivity contribution is -0.185. The number of hydrogen-bond donors (Lipinski definition) is 6. The zero-order chi connectivity index (χ0) is 18.7. The maximum Gasteiger partial charge on any atom is 0.370 e. The van der Waals surface area contributed by atoms with Gasteiger partial charge in [0.2, 0.25) is 11.7 Å². The Morgan fingerprint density at radius 1 is 1.31 bits per heavy atom. The second-order valence-electron chi connectivity index (χ2n) is 5.87. The Bertz CT molecular complexity index is 591. The van der Waals surface area contributed by atoms with Gasteiger partial charge in [-0.05, 0) is 12.5 Å². The number of nitrogens with two attached hydrogens (primary N) is 2. The molecular weight excluding hydrogens is 352 g/mol. The summed E-state index contributed by atoms with van der Waals surface area (Å²) in [5.41, 5.74) is 10.8. The second kappa shape index (κ2) is 8.80. The fraction of sp³-hybridized carbons (Fsp3) is 0.643. The van der Waals surface area contributed by atoms with Crippen LogP contribution in [-0.4, -0.2) is 81.7 Å². The molecule has 2 rings (SSSR count). The van der Waals surface area contributed by atoms with Gasteiger partial charge in [0.1, 0.15) is 12.2 Å². The molecule has 0 bridgehead atoms. The number of hydrogen-bond acceptors (Lipinski definition) is 7. The predicted octanol–water partition coefficient (Wildman–Crippen LogP) is -3.81. The minimum absolute atomic E-state index is 0. The maximum atomic E-state index is 11.6. The Morgan fingerprint density at radius 3 is 2.50 bits per heavy atom. The maximum absolute atomic E-state index is 11.6. The molecule has 0 aromatic carbocycles. The molecule has 12 nitrogen and oxygen atoms in total. The van der Waals surface area contributed by atoms with Crippen LogP contribution in [0.2, 0.25) is 0 Å². The topological polar surface area (TPSA) is 221 Å². The van der Waals surface area contributed by atoms with Gasteiger partial charge in [-0.25, -0.2) is 9.79 Å². The van der Waals surface area contributed by atoms with Gasteiger partial charge in [-0.15, -0.1) is 0 Å². The number of rotatable bonds is 4. The van der Waals surface area contributed by atoms with Crippen LogP contribution < -0.4 is 16.8 Å². The van der Waals surface area contributed by atoms with E-state index in [9.17, 15) is 24.9 Å². The van der Waals surface area contributed by atoms with Gasteiger partial charge in [0, 0.05) is 13.5 Å². The number of nitrogens with one attached hydrogen (secondary N) is 1. The average molecular weight is 376 g/mol. The SMILES string of the molecule is CC(=O)N[C@H]1[C@H]([C@@H]2OCC[C@@H](O)[C@H]2O)OC(C(=O)O)=C[C@@H]1N=C(N)N.O. The van der Waals surface area contributed by atoms with E-state index in [0.717, 1.165) is 6.08 Å². The van der Waals surface area contributed by atoms with Crippen molar-refractivity contribution in [2.75, 3.05) is 6.61 Å². The molecule has 1 amide bonds. The van der Waals surface area contributed by atoms with E-state index in [2.05, 4.69) is 10.3 Å². The molecule has 1 fully saturated rings. The quantitative estimate of drug-likeness (QED) is 0.209. The van der Waals surface area contributed by atoms with Crippen molar-refractivity contribution >= 4 is 17.8 Å². The first-order valence-electron chi connectivity index (χ1n) is 7.66. The average Bonchev–Trinajstić information content (AvgIpc) is 2.50. The third kappa shape index (κ3) is 4.82. The zero-order valence-electron chi connectivity index (χ0n) is 14.0. The Morgan fingerprint density at radius 2 is 1.96 bits per heavy atom. The Labute approximate surface area is 148 Å². The monoisotopic (exact) mass is 376 g/mol. The van der Waals surface area contributed by atoms with E-state index < -0.39 is 54.1 Å². The number of aliphatic imine (C=N–C) groups is 1. The molecule has 0 saturated carbocycles. The minimum Gasteiger partial charge on any atom is -0.478 e. The van der Waals surface area contributed by atoms with Crippen LogP contribution in [0.1, 0.15) is 13.3 Å². The number of aliphatic carboxylic acids is 1. The van der Waals surface area contributed by atoms with Crippen LogP contribution >= 0.6 is 0 Å². The van der Waals surface area contributed by atoms with Gasteiger partial charge in [-0.2, -0.15) is 0 Å². The lowest BCUT2D eigenvalue weighted by atomic mass is 9.88. The van der Waals surface area contributed by atoms with Crippen LogP contribution in [0.4, 0.5) is 0 Å². The number of guanidine groups is 1. The molecule has 0 radical (unpaired) electrons. The number of aliphatic hydroxyl groups excluding tert-OH is 2. The van der Waals surface area contributed by atoms with Gasteiger partial charge in [0.25, 0.3) is 0 Å². The van der Waals surface area contributed by atoms with Crippen LogP contribution in [-0.2, 0) is 19.1 Å². The summed E-state index contributed by atoms with van der Waals surface area (Å²) in [6.45, 7) is 1.39. The van der Waals surface area contributed by atoms with E-state index in [1.165, 1.54) is 6.92 Å². The predicted molar refractivity (Wildman–Crippen MR) is 87.8 cm³/mol. The number of amides is 1. The first-order valence-corrected chi connectivity index (χ1v) is 7.66. The molecule has 2 aliphatic heterocycles. The summed E-state index contributed by atoms with van der Waals surface area (Å²) in [6, 6.07) is -1.86. The highest BCUT2D eigenvalue weighted by Crippen LogP contribution is 2.29. The normalized spacial score (nSPS) is 33.7. The van der Waals surface area contributed by atoms with Crippen LogP contribution in [0.5, 0.6) is 0 Å². The van der Waals surface area contributed by atoms with Crippen molar-refractivity contribution in [1.82, 2.24) is 5.32 Å².